The fraction of sp³-hybridized carbons (Fsp3) is 0.562. The predicted octanol–water partition coefficient (Wildman–Crippen LogP) is 2.28. The van der Waals surface area contributed by atoms with Crippen molar-refractivity contribution in [1.29, 1.82) is 0 Å². The van der Waals surface area contributed by atoms with E-state index in [0.29, 0.717) is 42.6 Å². The molecule has 0 N–H and O–H groups in total. The minimum absolute atomic E-state index is 0.184. The monoisotopic (exact) mass is 338 g/mol. The summed E-state index contributed by atoms with van der Waals surface area (Å²) in [6, 6.07) is 4.66. The van der Waals surface area contributed by atoms with Crippen LogP contribution in [-0.4, -0.2) is 30.4 Å². The van der Waals surface area contributed by atoms with Crippen LogP contribution in [0.2, 0.25) is 0 Å². The molecule has 1 fully saturated rings. The van der Waals surface area contributed by atoms with Crippen LogP contribution in [0.1, 0.15) is 27.2 Å². The van der Waals surface area contributed by atoms with Gasteiger partial charge in [0.1, 0.15) is 0 Å². The van der Waals surface area contributed by atoms with Crippen LogP contribution >= 0.6 is 0 Å². The van der Waals surface area contributed by atoms with Crippen LogP contribution in [0, 0.1) is 11.8 Å². The molecule has 0 spiro atoms. The molecule has 7 heteroatoms. The summed E-state index contributed by atoms with van der Waals surface area (Å²) in [5.74, 6) is 0.227. The number of piperidine rings is 1. The highest BCUT2D eigenvalue weighted by molar-refractivity contribution is 7.89. The molecule has 6 nitrogen and oxygen atoms in total. The average molecular weight is 338 g/mol. The normalized spacial score (nSPS) is 23.4. The second kappa shape index (κ2) is 5.79. The maximum atomic E-state index is 12.9. The molecule has 2 aromatic rings. The number of sulfonamides is 1. The number of aryl methyl sites for hydroxylation is 1. The van der Waals surface area contributed by atoms with E-state index >= 15 is 0 Å². The van der Waals surface area contributed by atoms with E-state index < -0.39 is 15.8 Å². The highest BCUT2D eigenvalue weighted by Gasteiger charge is 2.32. The average Bonchev–Trinajstić information content (AvgIpc) is 2.80. The van der Waals surface area contributed by atoms with Gasteiger partial charge in [0.25, 0.3) is 0 Å². The van der Waals surface area contributed by atoms with Gasteiger partial charge in [-0.3, -0.25) is 4.57 Å². The Labute approximate surface area is 135 Å². The van der Waals surface area contributed by atoms with Crippen molar-refractivity contribution < 1.29 is 12.8 Å². The van der Waals surface area contributed by atoms with Crippen LogP contribution in [0.15, 0.2) is 32.3 Å². The Morgan fingerprint density at radius 3 is 2.48 bits per heavy atom. The topological polar surface area (TPSA) is 72.5 Å². The summed E-state index contributed by atoms with van der Waals surface area (Å²) in [5, 5.41) is 0. The van der Waals surface area contributed by atoms with E-state index in [2.05, 4.69) is 13.8 Å². The maximum absolute atomic E-state index is 12.9. The molecular formula is C16H22N2O4S. The van der Waals surface area contributed by atoms with Gasteiger partial charge in [0, 0.05) is 25.7 Å². The molecule has 1 aliphatic rings. The number of oxazole rings is 1. The Kier molecular flexibility index (Phi) is 4.10. The summed E-state index contributed by atoms with van der Waals surface area (Å²) < 4.78 is 34.0. The van der Waals surface area contributed by atoms with Crippen molar-refractivity contribution in [2.75, 3.05) is 13.1 Å². The van der Waals surface area contributed by atoms with E-state index in [-0.39, 0.29) is 4.90 Å². The summed E-state index contributed by atoms with van der Waals surface area (Å²) in [4.78, 5) is 11.9. The molecule has 1 saturated heterocycles. The SMILES string of the molecule is CCn1c(=O)oc2cc(S(=O)(=O)N3C[C@H](C)C[C@H](C)C3)ccc21. The molecule has 0 bridgehead atoms. The predicted molar refractivity (Wildman–Crippen MR) is 87.9 cm³/mol. The molecule has 0 radical (unpaired) electrons. The van der Waals surface area contributed by atoms with Crippen LogP contribution in [0.3, 0.4) is 0 Å². The fourth-order valence-corrected chi connectivity index (χ4v) is 5.15. The lowest BCUT2D eigenvalue weighted by Crippen LogP contribution is -2.42. The number of benzene rings is 1. The zero-order valence-electron chi connectivity index (χ0n) is 13.7. The van der Waals surface area contributed by atoms with Gasteiger partial charge < -0.3 is 4.42 Å². The van der Waals surface area contributed by atoms with Crippen molar-refractivity contribution in [3.63, 3.8) is 0 Å². The van der Waals surface area contributed by atoms with Gasteiger partial charge in [-0.1, -0.05) is 13.8 Å². The molecule has 1 aromatic carbocycles. The summed E-state index contributed by atoms with van der Waals surface area (Å²) in [6.45, 7) is 7.54. The van der Waals surface area contributed by atoms with Gasteiger partial charge in [-0.25, -0.2) is 13.2 Å². The van der Waals surface area contributed by atoms with Crippen LogP contribution in [0.4, 0.5) is 0 Å². The summed E-state index contributed by atoms with van der Waals surface area (Å²) >= 11 is 0. The lowest BCUT2D eigenvalue weighted by atomic mass is 9.94. The van der Waals surface area contributed by atoms with Crippen molar-refractivity contribution in [2.45, 2.75) is 38.6 Å². The van der Waals surface area contributed by atoms with E-state index in [4.69, 9.17) is 4.42 Å². The number of fused-ring (bicyclic) bond motifs is 1. The Balaban J connectivity index is 2.03. The highest BCUT2D eigenvalue weighted by atomic mass is 32.2. The molecule has 1 aromatic heterocycles. The van der Waals surface area contributed by atoms with Crippen LogP contribution in [0.25, 0.3) is 11.1 Å². The summed E-state index contributed by atoms with van der Waals surface area (Å²) in [7, 11) is -3.57. The van der Waals surface area contributed by atoms with E-state index in [1.165, 1.54) is 10.6 Å². The lowest BCUT2D eigenvalue weighted by molar-refractivity contribution is 0.222. The van der Waals surface area contributed by atoms with Gasteiger partial charge in [-0.15, -0.1) is 0 Å². The molecule has 1 aliphatic heterocycles. The third-order valence-electron chi connectivity index (χ3n) is 4.43. The zero-order valence-corrected chi connectivity index (χ0v) is 14.5. The van der Waals surface area contributed by atoms with Crippen molar-refractivity contribution in [3.05, 3.63) is 28.7 Å². The zero-order chi connectivity index (χ0) is 16.8. The Hall–Kier alpha value is -1.60. The molecule has 0 aliphatic carbocycles. The van der Waals surface area contributed by atoms with Gasteiger partial charge in [0.05, 0.1) is 10.4 Å². The minimum atomic E-state index is -3.57. The maximum Gasteiger partial charge on any atom is 0.419 e. The van der Waals surface area contributed by atoms with Crippen molar-refractivity contribution in [1.82, 2.24) is 8.87 Å². The van der Waals surface area contributed by atoms with Gasteiger partial charge in [0.15, 0.2) is 5.58 Å². The first-order valence-electron chi connectivity index (χ1n) is 7.96. The molecule has 2 atom stereocenters. The smallest absolute Gasteiger partial charge is 0.408 e. The molecule has 0 saturated carbocycles. The van der Waals surface area contributed by atoms with Gasteiger partial charge >= 0.3 is 5.76 Å². The van der Waals surface area contributed by atoms with E-state index in [1.807, 2.05) is 6.92 Å². The molecule has 23 heavy (non-hydrogen) atoms. The summed E-state index contributed by atoms with van der Waals surface area (Å²) in [5.41, 5.74) is 0.938. The van der Waals surface area contributed by atoms with Crippen molar-refractivity contribution >= 4 is 21.1 Å². The molecular weight excluding hydrogens is 316 g/mol. The molecule has 0 unspecified atom stereocenters. The molecule has 2 heterocycles. The second-order valence-electron chi connectivity index (χ2n) is 6.51. The molecule has 3 rings (SSSR count). The van der Waals surface area contributed by atoms with Gasteiger partial charge in [-0.2, -0.15) is 4.31 Å². The molecule has 126 valence electrons. The number of aromatic nitrogens is 1. The lowest BCUT2D eigenvalue weighted by Gasteiger charge is -2.34. The fourth-order valence-electron chi connectivity index (χ4n) is 3.46. The molecule has 0 amide bonds. The quantitative estimate of drug-likeness (QED) is 0.861. The first-order valence-corrected chi connectivity index (χ1v) is 9.40. The second-order valence-corrected chi connectivity index (χ2v) is 8.45. The number of hydrogen-bond acceptors (Lipinski definition) is 4. The standard InChI is InChI=1S/C16H22N2O4S/c1-4-18-14-6-5-13(8-15(14)22-16(18)19)23(20,21)17-9-11(2)7-12(3)10-17/h5-6,8,11-12H,4,7,9-10H2,1-3H3/t11-,12+. The van der Waals surface area contributed by atoms with E-state index in [0.717, 1.165) is 6.42 Å². The largest absolute Gasteiger partial charge is 0.419 e. The van der Waals surface area contributed by atoms with Crippen LogP contribution < -0.4 is 5.76 Å². The van der Waals surface area contributed by atoms with E-state index in [1.54, 1.807) is 16.4 Å². The van der Waals surface area contributed by atoms with Gasteiger partial charge in [0.2, 0.25) is 10.0 Å². The third kappa shape index (κ3) is 2.83. The number of nitrogens with zero attached hydrogens (tertiary/aromatic N) is 2. The minimum Gasteiger partial charge on any atom is -0.408 e. The number of rotatable bonds is 3. The van der Waals surface area contributed by atoms with Crippen molar-refractivity contribution in [3.8, 4) is 0 Å². The van der Waals surface area contributed by atoms with Gasteiger partial charge in [-0.05, 0) is 37.3 Å². The first-order chi connectivity index (χ1) is 10.8. The third-order valence-corrected chi connectivity index (χ3v) is 6.26. The van der Waals surface area contributed by atoms with Crippen LogP contribution in [0.5, 0.6) is 0 Å². The summed E-state index contributed by atoms with van der Waals surface area (Å²) in [6.07, 6.45) is 1.04. The Bertz CT molecular complexity index is 871. The van der Waals surface area contributed by atoms with Crippen LogP contribution in [-0.2, 0) is 16.6 Å². The highest BCUT2D eigenvalue weighted by Crippen LogP contribution is 2.28. The van der Waals surface area contributed by atoms with Crippen molar-refractivity contribution in [2.24, 2.45) is 11.8 Å². The van der Waals surface area contributed by atoms with E-state index in [9.17, 15) is 13.2 Å². The Morgan fingerprint density at radius 1 is 1.22 bits per heavy atom. The Morgan fingerprint density at radius 2 is 1.87 bits per heavy atom. The number of hydrogen-bond donors (Lipinski definition) is 0. The first kappa shape index (κ1) is 16.3.